The Labute approximate surface area is 284 Å². The Morgan fingerprint density at radius 1 is 1.00 bits per heavy atom. The lowest BCUT2D eigenvalue weighted by atomic mass is 9.87. The molecular weight excluding hydrogens is 643 g/mol. The average Bonchev–Trinajstić information content (AvgIpc) is 3.80. The molecule has 0 radical (unpaired) electrons. The molecule has 0 spiro atoms. The first-order valence-electron chi connectivity index (χ1n) is 16.3. The van der Waals surface area contributed by atoms with Gasteiger partial charge in [-0.25, -0.2) is 0 Å². The van der Waals surface area contributed by atoms with Crippen molar-refractivity contribution in [3.05, 3.63) is 63.8 Å². The number of aromatic nitrogens is 1. The highest BCUT2D eigenvalue weighted by atomic mass is 35.5. The summed E-state index contributed by atoms with van der Waals surface area (Å²) in [6.45, 7) is 2.74. The number of hydrogen-bond acceptors (Lipinski definition) is 6. The summed E-state index contributed by atoms with van der Waals surface area (Å²) in [5.41, 5.74) is 2.42. The Balaban J connectivity index is 1.13. The molecule has 1 aromatic heterocycles. The molecule has 47 heavy (non-hydrogen) atoms. The van der Waals surface area contributed by atoms with E-state index in [1.165, 1.54) is 0 Å². The maximum atomic E-state index is 13.9. The fourth-order valence-electron chi connectivity index (χ4n) is 7.42. The van der Waals surface area contributed by atoms with Gasteiger partial charge in [0.1, 0.15) is 0 Å². The Morgan fingerprint density at radius 3 is 2.49 bits per heavy atom. The lowest BCUT2D eigenvalue weighted by Crippen LogP contribution is -2.41. The number of aliphatic carboxylic acids is 1. The van der Waals surface area contributed by atoms with Crippen molar-refractivity contribution < 1.29 is 29.0 Å². The Kier molecular flexibility index (Phi) is 10.4. The van der Waals surface area contributed by atoms with Gasteiger partial charge in [0.25, 0.3) is 5.91 Å². The summed E-state index contributed by atoms with van der Waals surface area (Å²) in [6.07, 6.45) is 6.43. The van der Waals surface area contributed by atoms with Gasteiger partial charge in [-0.3, -0.25) is 19.3 Å². The quantitative estimate of drug-likeness (QED) is 0.285. The second-order valence-electron chi connectivity index (χ2n) is 13.1. The number of likely N-dealkylation sites (tertiary alicyclic amines) is 2. The first-order valence-corrected chi connectivity index (χ1v) is 17.1. The van der Waals surface area contributed by atoms with Gasteiger partial charge in [0.15, 0.2) is 0 Å². The summed E-state index contributed by atoms with van der Waals surface area (Å²) < 4.78 is 13.8. The molecule has 6 rings (SSSR count). The summed E-state index contributed by atoms with van der Waals surface area (Å²) in [6, 6.07) is 11.0. The van der Waals surface area contributed by atoms with E-state index in [-0.39, 0.29) is 48.4 Å². The van der Waals surface area contributed by atoms with E-state index in [1.54, 1.807) is 25.4 Å². The summed E-state index contributed by atoms with van der Waals surface area (Å²) in [5, 5.41) is 13.7. The van der Waals surface area contributed by atoms with E-state index in [1.807, 2.05) is 40.8 Å². The van der Waals surface area contributed by atoms with Crippen LogP contribution in [-0.2, 0) is 32.5 Å². The van der Waals surface area contributed by atoms with Crippen LogP contribution in [0.1, 0.15) is 54.4 Å². The summed E-state index contributed by atoms with van der Waals surface area (Å²) in [7, 11) is 3.63. The molecule has 0 unspecified atom stereocenters. The van der Waals surface area contributed by atoms with E-state index in [0.29, 0.717) is 65.7 Å². The standard InChI is InChI=1S/C35H42Cl2N4O6/c1-39-19-28(27-5-3-4-6-32(27)39)34(43)38-31-16-29(36)22(13-30(31)37)14-33(42)41-17-23(40-12-11-26(18-40)46-2)15-24(41)20-47-25-9-7-21(8-10-25)35(44)45/h3-6,13,16,19,21,23-26H,7-12,14-15,17-18,20H2,1-2H3,(H,38,43)(H,44,45)/t21-,23-,24-,25-,26+/m0/s1. The molecule has 2 aliphatic heterocycles. The molecule has 1 aliphatic carbocycles. The third-order valence-corrected chi connectivity index (χ3v) is 10.8. The molecule has 2 N–H and O–H groups in total. The second kappa shape index (κ2) is 14.5. The lowest BCUT2D eigenvalue weighted by molar-refractivity contribution is -0.144. The minimum atomic E-state index is -0.738. The van der Waals surface area contributed by atoms with Crippen molar-refractivity contribution in [1.82, 2.24) is 14.4 Å². The molecule has 12 heteroatoms. The Hall–Kier alpha value is -3.15. The van der Waals surface area contributed by atoms with Crippen LogP contribution in [0.3, 0.4) is 0 Å². The summed E-state index contributed by atoms with van der Waals surface area (Å²) in [4.78, 5) is 42.8. The number of ether oxygens (including phenoxy) is 2. The largest absolute Gasteiger partial charge is 0.481 e. The molecule has 2 amide bonds. The van der Waals surface area contributed by atoms with E-state index in [4.69, 9.17) is 32.7 Å². The van der Waals surface area contributed by atoms with Crippen LogP contribution in [-0.4, -0.2) is 94.9 Å². The predicted octanol–water partition coefficient (Wildman–Crippen LogP) is 5.63. The second-order valence-corrected chi connectivity index (χ2v) is 13.9. The molecule has 3 aromatic rings. The van der Waals surface area contributed by atoms with Crippen LogP contribution in [0, 0.1) is 5.92 Å². The fourth-order valence-corrected chi connectivity index (χ4v) is 7.88. The molecule has 2 saturated heterocycles. The summed E-state index contributed by atoms with van der Waals surface area (Å²) in [5.74, 6) is -1.41. The number of halogens is 2. The number of carbonyl (C=O) groups excluding carboxylic acids is 2. The van der Waals surface area contributed by atoms with Crippen molar-refractivity contribution >= 4 is 57.6 Å². The van der Waals surface area contributed by atoms with Crippen LogP contribution in [0.2, 0.25) is 10.0 Å². The number of carboxylic acid groups (broad SMARTS) is 1. The van der Waals surface area contributed by atoms with Gasteiger partial charge in [0.05, 0.1) is 53.5 Å². The van der Waals surface area contributed by atoms with Crippen molar-refractivity contribution in [1.29, 1.82) is 0 Å². The molecule has 252 valence electrons. The summed E-state index contributed by atoms with van der Waals surface area (Å²) >= 11 is 13.4. The predicted molar refractivity (Wildman–Crippen MR) is 181 cm³/mol. The number of carboxylic acids is 1. The number of rotatable bonds is 10. The van der Waals surface area contributed by atoms with Crippen molar-refractivity contribution in [2.45, 2.75) is 69.2 Å². The molecule has 2 aromatic carbocycles. The third kappa shape index (κ3) is 7.47. The van der Waals surface area contributed by atoms with E-state index < -0.39 is 5.97 Å². The number of aryl methyl sites for hydroxylation is 1. The number of anilines is 1. The number of methoxy groups -OCH3 is 1. The van der Waals surface area contributed by atoms with Crippen molar-refractivity contribution in [3.63, 3.8) is 0 Å². The molecule has 3 atom stereocenters. The zero-order chi connectivity index (χ0) is 33.2. The molecule has 3 aliphatic rings. The topological polar surface area (TPSA) is 113 Å². The van der Waals surface area contributed by atoms with Crippen LogP contribution in [0.4, 0.5) is 5.69 Å². The number of fused-ring (bicyclic) bond motifs is 1. The van der Waals surface area contributed by atoms with Gasteiger partial charge in [0.2, 0.25) is 5.91 Å². The molecule has 1 saturated carbocycles. The normalized spacial score (nSPS) is 25.0. The van der Waals surface area contributed by atoms with Crippen LogP contribution in [0.5, 0.6) is 0 Å². The number of hydrogen-bond donors (Lipinski definition) is 2. The SMILES string of the molecule is CO[C@@H]1CCN([C@H]2C[C@@H](CO[C@H]3CC[C@H](C(=O)O)CC3)N(C(=O)Cc3cc(Cl)c(NC(=O)c4cn(C)c5ccccc45)cc3Cl)C2)C1. The van der Waals surface area contributed by atoms with Crippen LogP contribution < -0.4 is 5.32 Å². The van der Waals surface area contributed by atoms with Crippen LogP contribution >= 0.6 is 23.2 Å². The minimum absolute atomic E-state index is 0.00357. The highest BCUT2D eigenvalue weighted by Gasteiger charge is 2.41. The van der Waals surface area contributed by atoms with E-state index in [2.05, 4.69) is 10.2 Å². The zero-order valence-corrected chi connectivity index (χ0v) is 28.3. The number of para-hydroxylation sites is 1. The molecule has 3 heterocycles. The van der Waals surface area contributed by atoms with E-state index in [0.717, 1.165) is 36.8 Å². The minimum Gasteiger partial charge on any atom is -0.481 e. The third-order valence-electron chi connectivity index (χ3n) is 10.2. The fraction of sp³-hybridized carbons (Fsp3) is 0.514. The highest BCUT2D eigenvalue weighted by molar-refractivity contribution is 6.36. The van der Waals surface area contributed by atoms with Crippen LogP contribution in [0.15, 0.2) is 42.6 Å². The maximum Gasteiger partial charge on any atom is 0.306 e. The average molecular weight is 686 g/mol. The molecule has 3 fully saturated rings. The first kappa shape index (κ1) is 33.7. The Morgan fingerprint density at radius 2 is 1.77 bits per heavy atom. The van der Waals surface area contributed by atoms with Crippen molar-refractivity contribution in [2.24, 2.45) is 13.0 Å². The first-order chi connectivity index (χ1) is 22.6. The van der Waals surface area contributed by atoms with Crippen molar-refractivity contribution in [2.75, 3.05) is 38.7 Å². The number of amides is 2. The van der Waals surface area contributed by atoms with Gasteiger partial charge < -0.3 is 29.4 Å². The molecule has 0 bridgehead atoms. The molecule has 10 nitrogen and oxygen atoms in total. The van der Waals surface area contributed by atoms with Gasteiger partial charge in [0, 0.05) is 62.0 Å². The Bertz CT molecular complexity index is 1640. The number of nitrogens with one attached hydrogen (secondary N) is 1. The highest BCUT2D eigenvalue weighted by Crippen LogP contribution is 2.34. The van der Waals surface area contributed by atoms with E-state index in [9.17, 15) is 19.5 Å². The number of benzene rings is 2. The number of carbonyl (C=O) groups is 3. The van der Waals surface area contributed by atoms with Gasteiger partial charge in [-0.15, -0.1) is 0 Å². The zero-order valence-electron chi connectivity index (χ0n) is 26.8. The van der Waals surface area contributed by atoms with Crippen molar-refractivity contribution in [3.8, 4) is 0 Å². The van der Waals surface area contributed by atoms with Gasteiger partial charge >= 0.3 is 5.97 Å². The lowest BCUT2D eigenvalue weighted by Gasteiger charge is -2.30. The monoisotopic (exact) mass is 684 g/mol. The molecular formula is C35H42Cl2N4O6. The van der Waals surface area contributed by atoms with Crippen LogP contribution in [0.25, 0.3) is 10.9 Å². The van der Waals surface area contributed by atoms with Gasteiger partial charge in [-0.2, -0.15) is 0 Å². The van der Waals surface area contributed by atoms with Gasteiger partial charge in [-0.05, 0) is 62.3 Å². The smallest absolute Gasteiger partial charge is 0.306 e. The number of nitrogens with zero attached hydrogens (tertiary/aromatic N) is 3. The maximum absolute atomic E-state index is 13.9. The van der Waals surface area contributed by atoms with Gasteiger partial charge in [-0.1, -0.05) is 41.4 Å². The van der Waals surface area contributed by atoms with E-state index >= 15 is 0 Å².